The Morgan fingerprint density at radius 2 is 2.05 bits per heavy atom. The number of benzene rings is 2. The van der Waals surface area contributed by atoms with Gasteiger partial charge >= 0.3 is 0 Å². The Labute approximate surface area is 125 Å². The van der Waals surface area contributed by atoms with E-state index in [1.165, 1.54) is 6.07 Å². The molecule has 0 unspecified atom stereocenters. The molecule has 20 heavy (non-hydrogen) atoms. The first-order valence-electron chi connectivity index (χ1n) is 6.07. The second-order valence-electron chi connectivity index (χ2n) is 4.56. The largest absolute Gasteiger partial charge is 0.384 e. The lowest BCUT2D eigenvalue weighted by Crippen LogP contribution is -2.18. The lowest BCUT2D eigenvalue weighted by Gasteiger charge is -2.20. The maximum Gasteiger partial charge on any atom is 0.128 e. The second kappa shape index (κ2) is 6.05. The molecular weight excluding hydrogens is 321 g/mol. The van der Waals surface area contributed by atoms with Crippen molar-refractivity contribution >= 4 is 27.5 Å². The van der Waals surface area contributed by atoms with Gasteiger partial charge in [0.25, 0.3) is 0 Å². The summed E-state index contributed by atoms with van der Waals surface area (Å²) in [4.78, 5) is 1.91. The predicted molar refractivity (Wildman–Crippen MR) is 83.7 cm³/mol. The Balaban J connectivity index is 2.23. The van der Waals surface area contributed by atoms with Crippen LogP contribution in [0.2, 0.25) is 0 Å². The molecule has 104 valence electrons. The van der Waals surface area contributed by atoms with Crippen LogP contribution in [0.3, 0.4) is 0 Å². The smallest absolute Gasteiger partial charge is 0.128 e. The van der Waals surface area contributed by atoms with E-state index in [2.05, 4.69) is 15.9 Å². The van der Waals surface area contributed by atoms with Crippen molar-refractivity contribution in [3.8, 4) is 0 Å². The Bertz CT molecular complexity index is 643. The Kier molecular flexibility index (Phi) is 4.39. The molecule has 2 rings (SSSR count). The summed E-state index contributed by atoms with van der Waals surface area (Å²) in [6.07, 6.45) is 0. The van der Waals surface area contributed by atoms with Gasteiger partial charge in [-0.1, -0.05) is 28.1 Å². The molecule has 0 saturated heterocycles. The Hall–Kier alpha value is -1.88. The Morgan fingerprint density at radius 3 is 2.75 bits per heavy atom. The third-order valence-corrected chi connectivity index (χ3v) is 3.51. The number of nitrogens with zero attached hydrogens (tertiary/aromatic N) is 1. The second-order valence-corrected chi connectivity index (χ2v) is 5.47. The molecule has 0 fully saturated rings. The average molecular weight is 336 g/mol. The third kappa shape index (κ3) is 3.36. The number of amidine groups is 1. The summed E-state index contributed by atoms with van der Waals surface area (Å²) in [7, 11) is 1.87. The first-order valence-corrected chi connectivity index (χ1v) is 6.86. The molecule has 5 heteroatoms. The molecule has 3 nitrogen and oxygen atoms in total. The molecule has 0 bridgehead atoms. The zero-order chi connectivity index (χ0) is 14.7. The fourth-order valence-electron chi connectivity index (χ4n) is 1.92. The highest BCUT2D eigenvalue weighted by atomic mass is 79.9. The van der Waals surface area contributed by atoms with E-state index in [-0.39, 0.29) is 11.7 Å². The van der Waals surface area contributed by atoms with Gasteiger partial charge in [-0.25, -0.2) is 4.39 Å². The molecular formula is C15H15BrFN3. The molecule has 0 amide bonds. The maximum absolute atomic E-state index is 13.8. The number of nitrogens with one attached hydrogen (secondary N) is 1. The number of rotatable bonds is 4. The zero-order valence-electron chi connectivity index (χ0n) is 11.0. The highest BCUT2D eigenvalue weighted by Crippen LogP contribution is 2.21. The fraction of sp³-hybridized carbons (Fsp3) is 0.133. The summed E-state index contributed by atoms with van der Waals surface area (Å²) >= 11 is 3.34. The van der Waals surface area contributed by atoms with Gasteiger partial charge in [0.15, 0.2) is 0 Å². The zero-order valence-corrected chi connectivity index (χ0v) is 12.6. The van der Waals surface area contributed by atoms with Gasteiger partial charge in [0.1, 0.15) is 11.7 Å². The van der Waals surface area contributed by atoms with Crippen LogP contribution in [0.5, 0.6) is 0 Å². The van der Waals surface area contributed by atoms with Crippen LogP contribution in [-0.2, 0) is 6.54 Å². The third-order valence-electron chi connectivity index (χ3n) is 3.01. The van der Waals surface area contributed by atoms with Crippen LogP contribution in [0.15, 0.2) is 46.9 Å². The number of nitrogens with two attached hydrogens (primary N) is 1. The molecule has 0 aliphatic heterocycles. The van der Waals surface area contributed by atoms with Gasteiger partial charge in [-0.2, -0.15) is 0 Å². The standard InChI is InChI=1S/C15H15BrFN3/c1-20(9-11-7-12(16)5-6-14(11)17)13-4-2-3-10(8-13)15(18)19/h2-8H,9H2,1H3,(H3,18,19). The lowest BCUT2D eigenvalue weighted by atomic mass is 10.1. The average Bonchev–Trinajstić information content (AvgIpc) is 2.43. The number of anilines is 1. The van der Waals surface area contributed by atoms with E-state index in [4.69, 9.17) is 11.1 Å². The van der Waals surface area contributed by atoms with E-state index in [0.717, 1.165) is 10.2 Å². The SMILES string of the molecule is CN(Cc1cc(Br)ccc1F)c1cccc(C(=N)N)c1. The number of hydrogen-bond donors (Lipinski definition) is 2. The lowest BCUT2D eigenvalue weighted by molar-refractivity contribution is 0.607. The Morgan fingerprint density at radius 1 is 1.30 bits per heavy atom. The first kappa shape index (κ1) is 14.5. The van der Waals surface area contributed by atoms with E-state index in [9.17, 15) is 4.39 Å². The van der Waals surface area contributed by atoms with Gasteiger partial charge in [-0.05, 0) is 30.3 Å². The molecule has 0 aliphatic carbocycles. The molecule has 0 aromatic heterocycles. The van der Waals surface area contributed by atoms with Gasteiger partial charge in [0, 0.05) is 34.9 Å². The fourth-order valence-corrected chi connectivity index (χ4v) is 2.33. The molecule has 0 atom stereocenters. The van der Waals surface area contributed by atoms with Gasteiger partial charge < -0.3 is 10.6 Å². The minimum Gasteiger partial charge on any atom is -0.384 e. The number of halogens is 2. The van der Waals surface area contributed by atoms with Crippen LogP contribution in [0.4, 0.5) is 10.1 Å². The predicted octanol–water partition coefficient (Wildman–Crippen LogP) is 3.51. The quantitative estimate of drug-likeness (QED) is 0.663. The van der Waals surface area contributed by atoms with Crippen molar-refractivity contribution in [2.45, 2.75) is 6.54 Å². The maximum atomic E-state index is 13.8. The minimum absolute atomic E-state index is 0.0221. The van der Waals surface area contributed by atoms with E-state index in [1.807, 2.05) is 30.1 Å². The van der Waals surface area contributed by atoms with E-state index in [0.29, 0.717) is 17.7 Å². The van der Waals surface area contributed by atoms with Crippen molar-refractivity contribution in [1.29, 1.82) is 5.41 Å². The summed E-state index contributed by atoms with van der Waals surface area (Å²) in [5.74, 6) is -0.211. The van der Waals surface area contributed by atoms with Crippen molar-refractivity contribution < 1.29 is 4.39 Å². The van der Waals surface area contributed by atoms with Crippen LogP contribution in [0.25, 0.3) is 0 Å². The molecule has 0 saturated carbocycles. The van der Waals surface area contributed by atoms with Crippen molar-refractivity contribution in [2.75, 3.05) is 11.9 Å². The van der Waals surface area contributed by atoms with Gasteiger partial charge in [-0.3, -0.25) is 5.41 Å². The van der Waals surface area contributed by atoms with Gasteiger partial charge in [0.2, 0.25) is 0 Å². The van der Waals surface area contributed by atoms with Crippen LogP contribution < -0.4 is 10.6 Å². The highest BCUT2D eigenvalue weighted by Gasteiger charge is 2.08. The van der Waals surface area contributed by atoms with Crippen molar-refractivity contribution in [3.63, 3.8) is 0 Å². The van der Waals surface area contributed by atoms with Crippen molar-refractivity contribution in [3.05, 3.63) is 63.9 Å². The van der Waals surface area contributed by atoms with Crippen LogP contribution in [0.1, 0.15) is 11.1 Å². The first-order chi connectivity index (χ1) is 9.47. The summed E-state index contributed by atoms with van der Waals surface area (Å²) < 4.78 is 14.6. The molecule has 2 aromatic rings. The molecule has 2 aromatic carbocycles. The molecule has 0 aliphatic rings. The molecule has 0 spiro atoms. The van der Waals surface area contributed by atoms with Crippen LogP contribution >= 0.6 is 15.9 Å². The number of nitrogen functional groups attached to an aromatic ring is 1. The molecule has 0 heterocycles. The van der Waals surface area contributed by atoms with Gasteiger partial charge in [-0.15, -0.1) is 0 Å². The van der Waals surface area contributed by atoms with Crippen LogP contribution in [0, 0.1) is 11.2 Å². The highest BCUT2D eigenvalue weighted by molar-refractivity contribution is 9.10. The summed E-state index contributed by atoms with van der Waals surface area (Å²) in [6.45, 7) is 0.437. The minimum atomic E-state index is -0.234. The van der Waals surface area contributed by atoms with Gasteiger partial charge in [0.05, 0.1) is 0 Å². The number of hydrogen-bond acceptors (Lipinski definition) is 2. The normalized spacial score (nSPS) is 10.3. The topological polar surface area (TPSA) is 53.1 Å². The van der Waals surface area contributed by atoms with Crippen molar-refractivity contribution in [2.24, 2.45) is 5.73 Å². The summed E-state index contributed by atoms with van der Waals surface area (Å²) in [5, 5.41) is 7.45. The summed E-state index contributed by atoms with van der Waals surface area (Å²) in [5.41, 5.74) is 7.63. The summed E-state index contributed by atoms with van der Waals surface area (Å²) in [6, 6.07) is 12.2. The van der Waals surface area contributed by atoms with Crippen molar-refractivity contribution in [1.82, 2.24) is 0 Å². The van der Waals surface area contributed by atoms with E-state index in [1.54, 1.807) is 18.2 Å². The van der Waals surface area contributed by atoms with E-state index < -0.39 is 0 Å². The molecule has 0 radical (unpaired) electrons. The molecule has 3 N–H and O–H groups in total. The van der Waals surface area contributed by atoms with Crippen LogP contribution in [-0.4, -0.2) is 12.9 Å². The van der Waals surface area contributed by atoms with E-state index >= 15 is 0 Å². The monoisotopic (exact) mass is 335 g/mol.